The third-order valence-corrected chi connectivity index (χ3v) is 5.54. The molecule has 4 rings (SSSR count). The number of anilines is 2. The number of carbonyl (C=O) groups excluding carboxylic acids is 3. The van der Waals surface area contributed by atoms with Crippen LogP contribution in [-0.4, -0.2) is 45.0 Å². The van der Waals surface area contributed by atoms with Crippen molar-refractivity contribution < 1.29 is 14.4 Å². The van der Waals surface area contributed by atoms with Crippen LogP contribution >= 0.6 is 0 Å². The lowest BCUT2D eigenvalue weighted by atomic mass is 10.1. The van der Waals surface area contributed by atoms with Crippen molar-refractivity contribution in [3.8, 4) is 0 Å². The maximum Gasteiger partial charge on any atom is 0.254 e. The lowest BCUT2D eigenvalue weighted by molar-refractivity contribution is -0.120. The summed E-state index contributed by atoms with van der Waals surface area (Å²) in [5.41, 5.74) is 1.69. The molecule has 1 saturated heterocycles. The van der Waals surface area contributed by atoms with E-state index in [4.69, 9.17) is 0 Å². The molecular formula is C24H25N5O3. The van der Waals surface area contributed by atoms with Gasteiger partial charge in [0.25, 0.3) is 5.91 Å². The number of aromatic nitrogens is 2. The van der Waals surface area contributed by atoms with Crippen LogP contribution in [0.4, 0.5) is 11.4 Å². The first-order valence-electron chi connectivity index (χ1n) is 10.6. The Balaban J connectivity index is 1.41. The van der Waals surface area contributed by atoms with E-state index in [-0.39, 0.29) is 17.7 Å². The van der Waals surface area contributed by atoms with E-state index in [0.29, 0.717) is 29.9 Å². The van der Waals surface area contributed by atoms with Crippen LogP contribution in [0, 0.1) is 0 Å². The van der Waals surface area contributed by atoms with Gasteiger partial charge in [0.15, 0.2) is 0 Å². The van der Waals surface area contributed by atoms with Gasteiger partial charge in [0.05, 0.1) is 0 Å². The molecule has 1 fully saturated rings. The predicted octanol–water partition coefficient (Wildman–Crippen LogP) is 3.33. The number of nitrogens with one attached hydrogen (secondary N) is 2. The molecule has 8 heteroatoms. The van der Waals surface area contributed by atoms with Crippen molar-refractivity contribution in [1.29, 1.82) is 0 Å². The highest BCUT2D eigenvalue weighted by molar-refractivity contribution is 6.02. The predicted molar refractivity (Wildman–Crippen MR) is 121 cm³/mol. The summed E-state index contributed by atoms with van der Waals surface area (Å²) in [6.45, 7) is 2.31. The first kappa shape index (κ1) is 21.3. The van der Waals surface area contributed by atoms with Crippen molar-refractivity contribution in [2.45, 2.75) is 31.8 Å². The van der Waals surface area contributed by atoms with Crippen LogP contribution < -0.4 is 10.6 Å². The van der Waals surface area contributed by atoms with E-state index >= 15 is 0 Å². The molecule has 3 aromatic rings. The molecule has 1 aromatic heterocycles. The minimum absolute atomic E-state index is 0.142. The SMILES string of the molecule is CC(C(=O)Nc1cccc(NC(=O)C2CCCN2C(=O)c2ccccc2)c1)n1cccn1. The third-order valence-electron chi connectivity index (χ3n) is 5.54. The van der Waals surface area contributed by atoms with Gasteiger partial charge in [-0.25, -0.2) is 0 Å². The van der Waals surface area contributed by atoms with Crippen LogP contribution in [0.1, 0.15) is 36.2 Å². The number of carbonyl (C=O) groups is 3. The highest BCUT2D eigenvalue weighted by atomic mass is 16.2. The van der Waals surface area contributed by atoms with Crippen molar-refractivity contribution in [1.82, 2.24) is 14.7 Å². The van der Waals surface area contributed by atoms with E-state index < -0.39 is 12.1 Å². The van der Waals surface area contributed by atoms with Crippen molar-refractivity contribution >= 4 is 29.1 Å². The summed E-state index contributed by atoms with van der Waals surface area (Å²) in [4.78, 5) is 39.9. The van der Waals surface area contributed by atoms with Gasteiger partial charge >= 0.3 is 0 Å². The Kier molecular flexibility index (Phi) is 6.30. The molecule has 164 valence electrons. The lowest BCUT2D eigenvalue weighted by Gasteiger charge is -2.24. The second kappa shape index (κ2) is 9.47. The highest BCUT2D eigenvalue weighted by Gasteiger charge is 2.34. The van der Waals surface area contributed by atoms with Crippen LogP contribution in [-0.2, 0) is 9.59 Å². The Bertz CT molecular complexity index is 1100. The zero-order valence-corrected chi connectivity index (χ0v) is 17.8. The molecule has 32 heavy (non-hydrogen) atoms. The summed E-state index contributed by atoms with van der Waals surface area (Å²) >= 11 is 0. The first-order valence-corrected chi connectivity index (χ1v) is 10.6. The average molecular weight is 431 g/mol. The van der Waals surface area contributed by atoms with Crippen molar-refractivity contribution in [3.05, 3.63) is 78.6 Å². The third kappa shape index (κ3) is 4.69. The van der Waals surface area contributed by atoms with Crippen LogP contribution in [0.25, 0.3) is 0 Å². The lowest BCUT2D eigenvalue weighted by Crippen LogP contribution is -2.43. The van der Waals surface area contributed by atoms with Crippen molar-refractivity contribution in [2.75, 3.05) is 17.2 Å². The summed E-state index contributed by atoms with van der Waals surface area (Å²) in [5.74, 6) is -0.593. The minimum Gasteiger partial charge on any atom is -0.327 e. The molecule has 2 unspecified atom stereocenters. The quantitative estimate of drug-likeness (QED) is 0.626. The molecule has 2 aromatic carbocycles. The smallest absolute Gasteiger partial charge is 0.254 e. The van der Waals surface area contributed by atoms with E-state index in [2.05, 4.69) is 15.7 Å². The maximum atomic E-state index is 13.0. The summed E-state index contributed by atoms with van der Waals surface area (Å²) in [7, 11) is 0. The molecule has 1 aliphatic rings. The normalized spacial score (nSPS) is 16.4. The van der Waals surface area contributed by atoms with Gasteiger partial charge in [-0.1, -0.05) is 24.3 Å². The molecule has 2 atom stereocenters. The van der Waals surface area contributed by atoms with Crippen LogP contribution in [0.3, 0.4) is 0 Å². The van der Waals surface area contributed by atoms with Gasteiger partial charge in [-0.15, -0.1) is 0 Å². The zero-order chi connectivity index (χ0) is 22.5. The molecule has 0 aliphatic carbocycles. The van der Waals surface area contributed by atoms with E-state index in [0.717, 1.165) is 6.42 Å². The van der Waals surface area contributed by atoms with Gasteiger partial charge in [0, 0.05) is 35.9 Å². The number of likely N-dealkylation sites (tertiary alicyclic amines) is 1. The number of hydrogen-bond acceptors (Lipinski definition) is 4. The number of rotatable bonds is 6. The largest absolute Gasteiger partial charge is 0.327 e. The topological polar surface area (TPSA) is 96.3 Å². The number of amides is 3. The molecule has 2 N–H and O–H groups in total. The molecule has 8 nitrogen and oxygen atoms in total. The summed E-state index contributed by atoms with van der Waals surface area (Å²) in [6, 6.07) is 16.7. The monoisotopic (exact) mass is 431 g/mol. The van der Waals surface area contributed by atoms with E-state index in [9.17, 15) is 14.4 Å². The second-order valence-electron chi connectivity index (χ2n) is 7.74. The van der Waals surface area contributed by atoms with Gasteiger partial charge in [0.2, 0.25) is 11.8 Å². The van der Waals surface area contributed by atoms with Crippen LogP contribution in [0.2, 0.25) is 0 Å². The second-order valence-corrected chi connectivity index (χ2v) is 7.74. The van der Waals surface area contributed by atoms with Gasteiger partial charge in [0.1, 0.15) is 12.1 Å². The zero-order valence-electron chi connectivity index (χ0n) is 17.8. The Morgan fingerprint density at radius 1 is 1.00 bits per heavy atom. The average Bonchev–Trinajstić information content (AvgIpc) is 3.51. The fraction of sp³-hybridized carbons (Fsp3) is 0.250. The molecule has 0 bridgehead atoms. The highest BCUT2D eigenvalue weighted by Crippen LogP contribution is 2.23. The van der Waals surface area contributed by atoms with Crippen molar-refractivity contribution in [2.24, 2.45) is 0 Å². The summed E-state index contributed by atoms with van der Waals surface area (Å²) in [5, 5.41) is 9.82. The van der Waals surface area contributed by atoms with Gasteiger partial charge in [-0.05, 0) is 56.2 Å². The Morgan fingerprint density at radius 2 is 1.75 bits per heavy atom. The minimum atomic E-state index is -0.527. The van der Waals surface area contributed by atoms with Crippen LogP contribution in [0.5, 0.6) is 0 Å². The molecule has 3 amide bonds. The fourth-order valence-corrected chi connectivity index (χ4v) is 3.81. The molecule has 0 spiro atoms. The summed E-state index contributed by atoms with van der Waals surface area (Å²) < 4.78 is 1.57. The van der Waals surface area contributed by atoms with Crippen molar-refractivity contribution in [3.63, 3.8) is 0 Å². The van der Waals surface area contributed by atoms with E-state index in [1.54, 1.807) is 71.4 Å². The first-order chi connectivity index (χ1) is 15.5. The fourth-order valence-electron chi connectivity index (χ4n) is 3.81. The number of nitrogens with zero attached hydrogens (tertiary/aromatic N) is 3. The molecular weight excluding hydrogens is 406 g/mol. The van der Waals surface area contributed by atoms with Gasteiger partial charge in [-0.2, -0.15) is 5.10 Å². The summed E-state index contributed by atoms with van der Waals surface area (Å²) in [6.07, 6.45) is 4.74. The van der Waals surface area contributed by atoms with Crippen LogP contribution in [0.15, 0.2) is 73.1 Å². The van der Waals surface area contributed by atoms with E-state index in [1.165, 1.54) is 0 Å². The Morgan fingerprint density at radius 3 is 2.47 bits per heavy atom. The molecule has 0 saturated carbocycles. The van der Waals surface area contributed by atoms with E-state index in [1.807, 2.05) is 18.2 Å². The standard InChI is InChI=1S/C24H25N5O3/c1-17(29-15-7-13-25-29)22(30)26-19-10-5-11-20(16-19)27-23(31)21-12-6-14-28(21)24(32)18-8-3-2-4-9-18/h2-5,7-11,13,15-17,21H,6,12,14H2,1H3,(H,26,30)(H,27,31). The molecule has 1 aliphatic heterocycles. The number of hydrogen-bond donors (Lipinski definition) is 2. The Labute approximate surface area is 186 Å². The molecule has 0 radical (unpaired) electrons. The number of benzene rings is 2. The Hall–Kier alpha value is -3.94. The van der Waals surface area contributed by atoms with Gasteiger partial charge < -0.3 is 15.5 Å². The van der Waals surface area contributed by atoms with Gasteiger partial charge in [-0.3, -0.25) is 19.1 Å². The molecule has 2 heterocycles. The maximum absolute atomic E-state index is 13.0.